The average molecular weight is 229 g/mol. The maximum atomic E-state index is 13.7. The standard InChI is InChI=1S/C12H14F3N/c1-6-3-4-9(16-2)11-10(6)7(13)5-8(14)12(11)15/h5-6,9,16H,3-4H2,1-2H3. The van der Waals surface area contributed by atoms with Gasteiger partial charge in [-0.2, -0.15) is 0 Å². The van der Waals surface area contributed by atoms with Gasteiger partial charge in [-0.05, 0) is 31.4 Å². The van der Waals surface area contributed by atoms with Crippen LogP contribution in [0.1, 0.15) is 42.9 Å². The van der Waals surface area contributed by atoms with E-state index in [-0.39, 0.29) is 17.5 Å². The second-order valence-electron chi connectivity index (χ2n) is 4.30. The van der Waals surface area contributed by atoms with Gasteiger partial charge in [0.15, 0.2) is 11.6 Å². The molecule has 0 heterocycles. The molecule has 16 heavy (non-hydrogen) atoms. The molecule has 4 heteroatoms. The number of halogens is 3. The number of hydrogen-bond donors (Lipinski definition) is 1. The Morgan fingerprint density at radius 1 is 1.12 bits per heavy atom. The first-order valence-corrected chi connectivity index (χ1v) is 5.40. The number of nitrogens with one attached hydrogen (secondary N) is 1. The summed E-state index contributed by atoms with van der Waals surface area (Å²) in [4.78, 5) is 0. The minimum absolute atomic E-state index is 0.0605. The summed E-state index contributed by atoms with van der Waals surface area (Å²) in [6, 6.07) is 0.347. The van der Waals surface area contributed by atoms with Gasteiger partial charge in [0.1, 0.15) is 5.82 Å². The molecular formula is C12H14F3N. The highest BCUT2D eigenvalue weighted by atomic mass is 19.2. The highest BCUT2D eigenvalue weighted by Gasteiger charge is 2.31. The number of hydrogen-bond acceptors (Lipinski definition) is 1. The van der Waals surface area contributed by atoms with E-state index in [1.807, 2.05) is 6.92 Å². The van der Waals surface area contributed by atoms with E-state index in [1.165, 1.54) is 0 Å². The smallest absolute Gasteiger partial charge is 0.164 e. The van der Waals surface area contributed by atoms with Gasteiger partial charge < -0.3 is 5.32 Å². The average Bonchev–Trinajstić information content (AvgIpc) is 2.25. The maximum absolute atomic E-state index is 13.7. The number of rotatable bonds is 1. The topological polar surface area (TPSA) is 12.0 Å². The van der Waals surface area contributed by atoms with Crippen LogP contribution in [-0.4, -0.2) is 7.05 Å². The van der Waals surface area contributed by atoms with E-state index >= 15 is 0 Å². The molecule has 1 aliphatic carbocycles. The van der Waals surface area contributed by atoms with Crippen molar-refractivity contribution in [3.63, 3.8) is 0 Å². The zero-order chi connectivity index (χ0) is 11.9. The minimum Gasteiger partial charge on any atom is -0.313 e. The van der Waals surface area contributed by atoms with Crippen molar-refractivity contribution >= 4 is 0 Å². The van der Waals surface area contributed by atoms with Crippen LogP contribution in [0.15, 0.2) is 6.07 Å². The lowest BCUT2D eigenvalue weighted by Crippen LogP contribution is -2.26. The third-order valence-electron chi connectivity index (χ3n) is 3.33. The molecular weight excluding hydrogens is 215 g/mol. The quantitative estimate of drug-likeness (QED) is 0.729. The summed E-state index contributed by atoms with van der Waals surface area (Å²) < 4.78 is 40.5. The van der Waals surface area contributed by atoms with Crippen LogP contribution in [0.5, 0.6) is 0 Å². The van der Waals surface area contributed by atoms with Crippen molar-refractivity contribution in [2.45, 2.75) is 31.7 Å². The Morgan fingerprint density at radius 3 is 2.44 bits per heavy atom. The largest absolute Gasteiger partial charge is 0.313 e. The van der Waals surface area contributed by atoms with Gasteiger partial charge in [-0.15, -0.1) is 0 Å². The van der Waals surface area contributed by atoms with Gasteiger partial charge in [0, 0.05) is 17.7 Å². The fourth-order valence-corrected chi connectivity index (χ4v) is 2.46. The fraction of sp³-hybridized carbons (Fsp3) is 0.500. The van der Waals surface area contributed by atoms with E-state index in [1.54, 1.807) is 7.05 Å². The number of fused-ring (bicyclic) bond motifs is 1. The zero-order valence-corrected chi connectivity index (χ0v) is 9.28. The second-order valence-corrected chi connectivity index (χ2v) is 4.30. The maximum Gasteiger partial charge on any atom is 0.164 e. The second kappa shape index (κ2) is 4.09. The third kappa shape index (κ3) is 1.61. The summed E-state index contributed by atoms with van der Waals surface area (Å²) in [5, 5.41) is 2.90. The van der Waals surface area contributed by atoms with Crippen LogP contribution in [0.2, 0.25) is 0 Å². The summed E-state index contributed by atoms with van der Waals surface area (Å²) >= 11 is 0. The van der Waals surface area contributed by atoms with Crippen molar-refractivity contribution in [3.05, 3.63) is 34.6 Å². The molecule has 1 aliphatic rings. The molecule has 1 aromatic rings. The van der Waals surface area contributed by atoms with Crippen molar-refractivity contribution in [1.29, 1.82) is 0 Å². The lowest BCUT2D eigenvalue weighted by molar-refractivity contribution is 0.398. The highest BCUT2D eigenvalue weighted by molar-refractivity contribution is 5.38. The van der Waals surface area contributed by atoms with Crippen LogP contribution in [-0.2, 0) is 0 Å². The predicted octanol–water partition coefficient (Wildman–Crippen LogP) is 3.26. The van der Waals surface area contributed by atoms with Gasteiger partial charge in [-0.25, -0.2) is 13.2 Å². The lowest BCUT2D eigenvalue weighted by Gasteiger charge is -2.30. The van der Waals surface area contributed by atoms with E-state index in [9.17, 15) is 13.2 Å². The summed E-state index contributed by atoms with van der Waals surface area (Å²) in [7, 11) is 1.67. The van der Waals surface area contributed by atoms with Crippen LogP contribution in [0.4, 0.5) is 13.2 Å². The zero-order valence-electron chi connectivity index (χ0n) is 9.28. The Labute approximate surface area is 92.7 Å². The van der Waals surface area contributed by atoms with Crippen LogP contribution in [0.3, 0.4) is 0 Å². The molecule has 0 saturated heterocycles. The van der Waals surface area contributed by atoms with E-state index in [4.69, 9.17) is 0 Å². The predicted molar refractivity (Wildman–Crippen MR) is 55.8 cm³/mol. The molecule has 0 aromatic heterocycles. The molecule has 88 valence electrons. The van der Waals surface area contributed by atoms with Gasteiger partial charge in [-0.1, -0.05) is 6.92 Å². The van der Waals surface area contributed by atoms with Crippen molar-refractivity contribution < 1.29 is 13.2 Å². The van der Waals surface area contributed by atoms with Crippen LogP contribution in [0.25, 0.3) is 0 Å². The molecule has 0 amide bonds. The first kappa shape index (κ1) is 11.5. The third-order valence-corrected chi connectivity index (χ3v) is 3.33. The molecule has 0 spiro atoms. The molecule has 0 fully saturated rings. The summed E-state index contributed by atoms with van der Waals surface area (Å²) in [6.45, 7) is 1.84. The van der Waals surface area contributed by atoms with E-state index in [0.29, 0.717) is 18.1 Å². The first-order valence-electron chi connectivity index (χ1n) is 5.40. The van der Waals surface area contributed by atoms with Crippen molar-refractivity contribution in [3.8, 4) is 0 Å². The molecule has 1 nitrogen and oxygen atoms in total. The van der Waals surface area contributed by atoms with E-state index < -0.39 is 17.5 Å². The Kier molecular flexibility index (Phi) is 2.93. The van der Waals surface area contributed by atoms with E-state index in [2.05, 4.69) is 5.32 Å². The molecule has 0 saturated carbocycles. The highest BCUT2D eigenvalue weighted by Crippen LogP contribution is 2.40. The molecule has 0 radical (unpaired) electrons. The van der Waals surface area contributed by atoms with Gasteiger partial charge in [0.2, 0.25) is 0 Å². The van der Waals surface area contributed by atoms with Crippen molar-refractivity contribution in [2.75, 3.05) is 7.05 Å². The number of benzene rings is 1. The van der Waals surface area contributed by atoms with Crippen molar-refractivity contribution in [1.82, 2.24) is 5.32 Å². The molecule has 2 rings (SSSR count). The summed E-state index contributed by atoms with van der Waals surface area (Å²) in [5.41, 5.74) is 0.489. The Hall–Kier alpha value is -1.03. The Bertz CT molecular complexity index is 417. The molecule has 0 aliphatic heterocycles. The lowest BCUT2D eigenvalue weighted by atomic mass is 9.80. The van der Waals surface area contributed by atoms with Gasteiger partial charge in [0.05, 0.1) is 0 Å². The van der Waals surface area contributed by atoms with E-state index in [0.717, 1.165) is 6.42 Å². The van der Waals surface area contributed by atoms with Gasteiger partial charge in [-0.3, -0.25) is 0 Å². The van der Waals surface area contributed by atoms with Crippen LogP contribution >= 0.6 is 0 Å². The molecule has 1 aromatic carbocycles. The Morgan fingerprint density at radius 2 is 1.81 bits per heavy atom. The molecule has 2 unspecified atom stereocenters. The normalized spacial score (nSPS) is 24.3. The monoisotopic (exact) mass is 229 g/mol. The summed E-state index contributed by atoms with van der Waals surface area (Å²) in [6.07, 6.45) is 1.48. The molecule has 2 atom stereocenters. The van der Waals surface area contributed by atoms with Gasteiger partial charge in [0.25, 0.3) is 0 Å². The molecule has 0 bridgehead atoms. The fourth-order valence-electron chi connectivity index (χ4n) is 2.46. The van der Waals surface area contributed by atoms with Crippen LogP contribution in [0, 0.1) is 17.5 Å². The summed E-state index contributed by atoms with van der Waals surface area (Å²) in [5.74, 6) is -2.72. The van der Waals surface area contributed by atoms with Gasteiger partial charge >= 0.3 is 0 Å². The Balaban J connectivity index is 2.67. The minimum atomic E-state index is -1.11. The molecule has 1 N–H and O–H groups in total. The first-order chi connectivity index (χ1) is 7.56. The van der Waals surface area contributed by atoms with Crippen LogP contribution < -0.4 is 5.32 Å². The van der Waals surface area contributed by atoms with Crippen molar-refractivity contribution in [2.24, 2.45) is 0 Å². The SMILES string of the molecule is CNC1CCC(C)c2c(F)cc(F)c(F)c21.